The number of pyridine rings is 1. The second kappa shape index (κ2) is 14.2. The molecule has 1 aromatic heterocycles. The van der Waals surface area contributed by atoms with Crippen LogP contribution in [0.25, 0.3) is 10.9 Å². The van der Waals surface area contributed by atoms with E-state index in [-0.39, 0.29) is 0 Å². The van der Waals surface area contributed by atoms with Crippen LogP contribution < -0.4 is 25.8 Å². The molecule has 6 heteroatoms. The number of nitrogens with two attached hydrogens (primary N) is 1. The zero-order valence-corrected chi connectivity index (χ0v) is 20.8. The van der Waals surface area contributed by atoms with Crippen LogP contribution in [0, 0.1) is 0 Å². The monoisotopic (exact) mass is 444 g/mol. The van der Waals surface area contributed by atoms with Gasteiger partial charge in [-0.3, -0.25) is 4.98 Å². The molecule has 2 aromatic rings. The molecule has 0 amide bonds. The van der Waals surface area contributed by atoms with Crippen LogP contribution in [-0.4, -0.2) is 43.9 Å². The van der Waals surface area contributed by atoms with E-state index in [1.54, 1.807) is 7.11 Å². The van der Waals surface area contributed by atoms with Gasteiger partial charge in [-0.05, 0) is 77.1 Å². The minimum absolute atomic E-state index is 0.322. The van der Waals surface area contributed by atoms with Gasteiger partial charge in [0.05, 0.1) is 30.3 Å². The summed E-state index contributed by atoms with van der Waals surface area (Å²) in [6.45, 7) is 11.3. The van der Waals surface area contributed by atoms with Gasteiger partial charge in [0.25, 0.3) is 0 Å². The highest BCUT2D eigenvalue weighted by molar-refractivity contribution is 5.99. The van der Waals surface area contributed by atoms with E-state index in [2.05, 4.69) is 44.4 Å². The van der Waals surface area contributed by atoms with Gasteiger partial charge in [0.15, 0.2) is 11.5 Å². The first kappa shape index (κ1) is 26.2. The zero-order chi connectivity index (χ0) is 23.3. The summed E-state index contributed by atoms with van der Waals surface area (Å²) in [5.41, 5.74) is 8.79. The number of nitrogens with zero attached hydrogens (tertiary/aromatic N) is 1. The Hall–Kier alpha value is -2.05. The van der Waals surface area contributed by atoms with E-state index in [4.69, 9.17) is 20.2 Å². The van der Waals surface area contributed by atoms with Crippen molar-refractivity contribution < 1.29 is 9.47 Å². The number of nitrogens with one attached hydrogen (secondary N) is 2. The molecular formula is C26H44N4O2. The van der Waals surface area contributed by atoms with Gasteiger partial charge in [-0.1, -0.05) is 20.3 Å². The van der Waals surface area contributed by atoms with E-state index in [0.29, 0.717) is 18.7 Å². The molecule has 180 valence electrons. The fourth-order valence-electron chi connectivity index (χ4n) is 3.99. The van der Waals surface area contributed by atoms with E-state index >= 15 is 0 Å². The highest BCUT2D eigenvalue weighted by Crippen LogP contribution is 2.41. The summed E-state index contributed by atoms with van der Waals surface area (Å²) in [6, 6.07) is 4.97. The molecule has 0 radical (unpaired) electrons. The Balaban J connectivity index is 2.15. The lowest BCUT2D eigenvalue weighted by molar-refractivity contribution is 0.292. The molecule has 0 saturated carbocycles. The molecular weight excluding hydrogens is 400 g/mol. The molecule has 0 aliphatic carbocycles. The van der Waals surface area contributed by atoms with Gasteiger partial charge in [0.1, 0.15) is 0 Å². The second-order valence-corrected chi connectivity index (χ2v) is 8.68. The van der Waals surface area contributed by atoms with Crippen molar-refractivity contribution in [3.05, 3.63) is 23.9 Å². The smallest absolute Gasteiger partial charge is 0.170 e. The molecule has 1 aromatic carbocycles. The minimum Gasteiger partial charge on any atom is -0.493 e. The highest BCUT2D eigenvalue weighted by atomic mass is 16.5. The summed E-state index contributed by atoms with van der Waals surface area (Å²) in [7, 11) is 1.71. The van der Waals surface area contributed by atoms with Crippen molar-refractivity contribution in [2.75, 3.05) is 32.1 Å². The number of anilines is 1. The third kappa shape index (κ3) is 7.52. The average molecular weight is 445 g/mol. The van der Waals surface area contributed by atoms with Gasteiger partial charge in [-0.2, -0.15) is 0 Å². The standard InChI is InChI=1S/C26H44N4O2/c1-6-8-17-32-26-23(31-5)18-22(25-24(26)21(7-2)13-16-29-25)30-20(4)12-10-15-28-19(3)11-9-14-27/h13,16,18-20,28,30H,6-12,14-15,17,27H2,1-5H3. The summed E-state index contributed by atoms with van der Waals surface area (Å²) >= 11 is 0. The first-order chi connectivity index (χ1) is 15.5. The van der Waals surface area contributed by atoms with Crippen LogP contribution in [0.1, 0.15) is 71.8 Å². The van der Waals surface area contributed by atoms with E-state index < -0.39 is 0 Å². The Morgan fingerprint density at radius 1 is 1.09 bits per heavy atom. The number of hydrogen-bond donors (Lipinski definition) is 3. The molecule has 0 aliphatic heterocycles. The van der Waals surface area contributed by atoms with Crippen molar-refractivity contribution in [2.24, 2.45) is 5.73 Å². The highest BCUT2D eigenvalue weighted by Gasteiger charge is 2.19. The van der Waals surface area contributed by atoms with Crippen molar-refractivity contribution in [3.8, 4) is 11.5 Å². The average Bonchev–Trinajstić information content (AvgIpc) is 2.81. The number of unbranched alkanes of at least 4 members (excludes halogenated alkanes) is 1. The van der Waals surface area contributed by atoms with Gasteiger partial charge in [-0.15, -0.1) is 0 Å². The number of ether oxygens (including phenoxy) is 2. The number of methoxy groups -OCH3 is 1. The van der Waals surface area contributed by atoms with Crippen LogP contribution in [-0.2, 0) is 6.42 Å². The number of fused-ring (bicyclic) bond motifs is 1. The van der Waals surface area contributed by atoms with Gasteiger partial charge in [-0.25, -0.2) is 0 Å². The number of benzene rings is 1. The van der Waals surface area contributed by atoms with Gasteiger partial charge in [0, 0.05) is 24.3 Å². The maximum atomic E-state index is 6.21. The predicted octanol–water partition coefficient (Wildman–Crippen LogP) is 5.28. The molecule has 6 nitrogen and oxygen atoms in total. The van der Waals surface area contributed by atoms with E-state index in [1.165, 1.54) is 5.56 Å². The van der Waals surface area contributed by atoms with Crippen LogP contribution in [0.3, 0.4) is 0 Å². The first-order valence-corrected chi connectivity index (χ1v) is 12.4. The summed E-state index contributed by atoms with van der Waals surface area (Å²) in [5, 5.41) is 8.35. The van der Waals surface area contributed by atoms with Crippen LogP contribution in [0.15, 0.2) is 18.3 Å². The topological polar surface area (TPSA) is 81.4 Å². The summed E-state index contributed by atoms with van der Waals surface area (Å²) in [5.74, 6) is 1.58. The van der Waals surface area contributed by atoms with Crippen LogP contribution in [0.4, 0.5) is 5.69 Å². The molecule has 0 bridgehead atoms. The molecule has 0 saturated heterocycles. The Bertz CT molecular complexity index is 812. The molecule has 1 heterocycles. The predicted molar refractivity (Wildman–Crippen MR) is 136 cm³/mol. The van der Waals surface area contributed by atoms with Crippen LogP contribution >= 0.6 is 0 Å². The van der Waals surface area contributed by atoms with Crippen molar-refractivity contribution in [1.82, 2.24) is 10.3 Å². The van der Waals surface area contributed by atoms with Crippen molar-refractivity contribution in [1.29, 1.82) is 0 Å². The van der Waals surface area contributed by atoms with Crippen molar-refractivity contribution in [2.45, 2.75) is 84.7 Å². The Labute approximate surface area is 194 Å². The van der Waals surface area contributed by atoms with Crippen molar-refractivity contribution in [3.63, 3.8) is 0 Å². The molecule has 2 atom stereocenters. The molecule has 0 aliphatic rings. The second-order valence-electron chi connectivity index (χ2n) is 8.68. The number of rotatable bonds is 16. The lowest BCUT2D eigenvalue weighted by atomic mass is 10.0. The molecule has 2 rings (SSSR count). The lowest BCUT2D eigenvalue weighted by Crippen LogP contribution is -2.28. The third-order valence-electron chi connectivity index (χ3n) is 5.91. The summed E-state index contributed by atoms with van der Waals surface area (Å²) in [4.78, 5) is 4.73. The van der Waals surface area contributed by atoms with Gasteiger partial charge in [0.2, 0.25) is 0 Å². The maximum Gasteiger partial charge on any atom is 0.170 e. The minimum atomic E-state index is 0.322. The number of aromatic nitrogens is 1. The Kier molecular flexibility index (Phi) is 11.6. The fraction of sp³-hybridized carbons (Fsp3) is 0.654. The lowest BCUT2D eigenvalue weighted by Gasteiger charge is -2.21. The molecule has 4 N–H and O–H groups in total. The van der Waals surface area contributed by atoms with Crippen LogP contribution in [0.2, 0.25) is 0 Å². The fourth-order valence-corrected chi connectivity index (χ4v) is 3.99. The van der Waals surface area contributed by atoms with E-state index in [1.807, 2.05) is 12.3 Å². The Morgan fingerprint density at radius 3 is 2.56 bits per heavy atom. The molecule has 0 fully saturated rings. The van der Waals surface area contributed by atoms with Gasteiger partial charge >= 0.3 is 0 Å². The Morgan fingerprint density at radius 2 is 1.88 bits per heavy atom. The van der Waals surface area contributed by atoms with Crippen LogP contribution in [0.5, 0.6) is 11.5 Å². The summed E-state index contributed by atoms with van der Waals surface area (Å²) < 4.78 is 12.0. The zero-order valence-electron chi connectivity index (χ0n) is 20.8. The SMILES string of the molecule is CCCCOc1c(OC)cc(NC(C)CCCNC(C)CCCN)c2nccc(CC)c12. The quantitative estimate of drug-likeness (QED) is 0.306. The maximum absolute atomic E-state index is 6.21. The van der Waals surface area contributed by atoms with E-state index in [0.717, 1.165) is 86.1 Å². The van der Waals surface area contributed by atoms with Gasteiger partial charge < -0.3 is 25.8 Å². The number of hydrogen-bond acceptors (Lipinski definition) is 6. The molecule has 0 spiro atoms. The first-order valence-electron chi connectivity index (χ1n) is 12.4. The largest absolute Gasteiger partial charge is 0.493 e. The summed E-state index contributed by atoms with van der Waals surface area (Å²) in [6.07, 6.45) is 9.31. The normalized spacial score (nSPS) is 13.2. The third-order valence-corrected chi connectivity index (χ3v) is 5.91. The number of aryl methyl sites for hydroxylation is 1. The molecule has 2 unspecified atom stereocenters. The van der Waals surface area contributed by atoms with Crippen molar-refractivity contribution >= 4 is 16.6 Å². The molecule has 32 heavy (non-hydrogen) atoms. The van der Waals surface area contributed by atoms with E-state index in [9.17, 15) is 0 Å².